The Labute approximate surface area is 263 Å². The minimum Gasteiger partial charge on any atom is -0.455 e. The highest BCUT2D eigenvalue weighted by Gasteiger charge is 2.42. The molecular weight excluding hydrogens is 540 g/mol. The van der Waals surface area contributed by atoms with E-state index < -0.39 is 0 Å². The number of rotatable bonds is 21. The molecule has 8 atom stereocenters. The van der Waals surface area contributed by atoms with E-state index >= 15 is 0 Å². The molecule has 43 heavy (non-hydrogen) atoms. The Morgan fingerprint density at radius 2 is 1.33 bits per heavy atom. The Balaban J connectivity index is 0.972. The zero-order valence-electron chi connectivity index (χ0n) is 27.7. The maximum atomic E-state index is 11.6. The molecule has 3 fully saturated rings. The topological polar surface area (TPSA) is 74.2 Å². The molecule has 4 aliphatic rings. The first-order valence-corrected chi connectivity index (χ1v) is 18.6. The zero-order chi connectivity index (χ0) is 30.3. The minimum absolute atomic E-state index is 0.0231. The van der Waals surface area contributed by atoms with Crippen LogP contribution in [0.3, 0.4) is 0 Å². The molecule has 0 spiro atoms. The van der Waals surface area contributed by atoms with Gasteiger partial charge in [0.05, 0.1) is 42.7 Å². The third-order valence-electron chi connectivity index (χ3n) is 10.4. The maximum absolute atomic E-state index is 11.6. The molecule has 0 aromatic carbocycles. The van der Waals surface area contributed by atoms with Crippen LogP contribution >= 0.6 is 0 Å². The fraction of sp³-hybridized carbons (Fsp3) is 0.919. The normalized spacial score (nSPS) is 31.8. The Bertz CT molecular complexity index is 813. The van der Waals surface area contributed by atoms with Crippen LogP contribution in [-0.4, -0.2) is 59.9 Å². The lowest BCUT2D eigenvalue weighted by molar-refractivity contribution is -0.145. The first-order valence-electron chi connectivity index (χ1n) is 18.6. The van der Waals surface area contributed by atoms with Gasteiger partial charge in [-0.3, -0.25) is 0 Å². The molecule has 1 N–H and O–H groups in total. The summed E-state index contributed by atoms with van der Waals surface area (Å²) >= 11 is 0. The fourth-order valence-corrected chi connectivity index (χ4v) is 7.78. The molecule has 6 nitrogen and oxygen atoms in total. The van der Waals surface area contributed by atoms with Gasteiger partial charge < -0.3 is 24.1 Å². The van der Waals surface area contributed by atoms with Crippen LogP contribution in [0.15, 0.2) is 11.6 Å². The van der Waals surface area contributed by atoms with Gasteiger partial charge in [0.2, 0.25) is 0 Å². The molecule has 4 aliphatic heterocycles. The van der Waals surface area contributed by atoms with E-state index in [-0.39, 0.29) is 48.7 Å². The molecule has 248 valence electrons. The third kappa shape index (κ3) is 12.1. The highest BCUT2D eigenvalue weighted by Crippen LogP contribution is 2.37. The van der Waals surface area contributed by atoms with E-state index in [9.17, 15) is 9.90 Å². The van der Waals surface area contributed by atoms with Crippen molar-refractivity contribution in [3.05, 3.63) is 11.6 Å². The summed E-state index contributed by atoms with van der Waals surface area (Å²) in [6, 6.07) is 0. The van der Waals surface area contributed by atoms with Crippen LogP contribution in [-0.2, 0) is 23.7 Å². The van der Waals surface area contributed by atoms with E-state index in [1.807, 2.05) is 13.0 Å². The van der Waals surface area contributed by atoms with Crippen molar-refractivity contribution in [1.29, 1.82) is 0 Å². The van der Waals surface area contributed by atoms with Crippen molar-refractivity contribution in [3.63, 3.8) is 0 Å². The van der Waals surface area contributed by atoms with E-state index in [2.05, 4.69) is 6.92 Å². The predicted octanol–water partition coefficient (Wildman–Crippen LogP) is 8.90. The van der Waals surface area contributed by atoms with Crippen molar-refractivity contribution < 1.29 is 28.8 Å². The lowest BCUT2D eigenvalue weighted by Gasteiger charge is -2.34. The first-order chi connectivity index (χ1) is 21.0. The van der Waals surface area contributed by atoms with E-state index in [0.29, 0.717) is 6.10 Å². The number of esters is 1. The van der Waals surface area contributed by atoms with Gasteiger partial charge in [-0.25, -0.2) is 4.79 Å². The smallest absolute Gasteiger partial charge is 0.334 e. The van der Waals surface area contributed by atoms with E-state index in [1.54, 1.807) is 0 Å². The second kappa shape index (κ2) is 19.5. The quantitative estimate of drug-likeness (QED) is 0.104. The van der Waals surface area contributed by atoms with Crippen LogP contribution in [0.2, 0.25) is 0 Å². The molecule has 0 radical (unpaired) electrons. The molecule has 3 saturated heterocycles. The Morgan fingerprint density at radius 1 is 0.721 bits per heavy atom. The lowest BCUT2D eigenvalue weighted by atomic mass is 9.96. The summed E-state index contributed by atoms with van der Waals surface area (Å²) < 4.78 is 24.6. The van der Waals surface area contributed by atoms with Crippen molar-refractivity contribution in [2.45, 2.75) is 217 Å². The summed E-state index contributed by atoms with van der Waals surface area (Å²) in [5.74, 6) is -0.113. The van der Waals surface area contributed by atoms with Crippen LogP contribution in [0.5, 0.6) is 0 Å². The van der Waals surface area contributed by atoms with Crippen molar-refractivity contribution in [1.82, 2.24) is 0 Å². The number of aliphatic hydroxyl groups excluding tert-OH is 1. The minimum atomic E-state index is -0.345. The van der Waals surface area contributed by atoms with Crippen LogP contribution < -0.4 is 0 Å². The van der Waals surface area contributed by atoms with Gasteiger partial charge in [0.15, 0.2) is 0 Å². The van der Waals surface area contributed by atoms with E-state index in [0.717, 1.165) is 63.4 Å². The molecule has 0 unspecified atom stereocenters. The number of cyclic esters (lactones) is 1. The second-order valence-electron chi connectivity index (χ2n) is 14.1. The van der Waals surface area contributed by atoms with Crippen molar-refractivity contribution >= 4 is 5.97 Å². The number of carbonyl (C=O) groups is 1. The zero-order valence-corrected chi connectivity index (χ0v) is 27.7. The molecule has 4 heterocycles. The molecule has 0 aromatic rings. The summed E-state index contributed by atoms with van der Waals surface area (Å²) in [5, 5.41) is 10.8. The number of hydrogen-bond acceptors (Lipinski definition) is 6. The average molecular weight is 605 g/mol. The van der Waals surface area contributed by atoms with Gasteiger partial charge in [-0.2, -0.15) is 0 Å². The number of unbranched alkanes of at least 4 members (excludes halogenated alkanes) is 12. The van der Waals surface area contributed by atoms with Crippen LogP contribution in [0.25, 0.3) is 0 Å². The summed E-state index contributed by atoms with van der Waals surface area (Å²) in [4.78, 5) is 11.6. The van der Waals surface area contributed by atoms with Crippen molar-refractivity contribution in [3.8, 4) is 0 Å². The molecule has 0 amide bonds. The largest absolute Gasteiger partial charge is 0.455 e. The van der Waals surface area contributed by atoms with Crippen molar-refractivity contribution in [2.24, 2.45) is 0 Å². The van der Waals surface area contributed by atoms with Gasteiger partial charge in [0.1, 0.15) is 6.10 Å². The van der Waals surface area contributed by atoms with E-state index in [1.165, 1.54) is 96.3 Å². The summed E-state index contributed by atoms with van der Waals surface area (Å²) in [7, 11) is 0. The number of aliphatic hydroxyl groups is 1. The first kappa shape index (κ1) is 34.9. The Morgan fingerprint density at radius 3 is 2.00 bits per heavy atom. The summed E-state index contributed by atoms with van der Waals surface area (Å²) in [5.41, 5.74) is 0.875. The highest BCUT2D eigenvalue weighted by atomic mass is 16.6. The van der Waals surface area contributed by atoms with Gasteiger partial charge in [-0.1, -0.05) is 90.4 Å². The predicted molar refractivity (Wildman–Crippen MR) is 172 cm³/mol. The molecule has 6 heteroatoms. The molecule has 0 aromatic heterocycles. The molecular formula is C37H64O6. The Hall–Kier alpha value is -0.950. The maximum Gasteiger partial charge on any atom is 0.334 e. The van der Waals surface area contributed by atoms with Gasteiger partial charge >= 0.3 is 5.97 Å². The summed E-state index contributed by atoms with van der Waals surface area (Å²) in [6.07, 6.45) is 30.9. The Kier molecular flexibility index (Phi) is 15.9. The molecule has 4 rings (SSSR count). The fourth-order valence-electron chi connectivity index (χ4n) is 7.78. The molecule has 0 aliphatic carbocycles. The second-order valence-corrected chi connectivity index (χ2v) is 14.1. The van der Waals surface area contributed by atoms with Crippen LogP contribution in [0.1, 0.15) is 168 Å². The van der Waals surface area contributed by atoms with Gasteiger partial charge in [-0.05, 0) is 83.6 Å². The van der Waals surface area contributed by atoms with E-state index in [4.69, 9.17) is 18.9 Å². The van der Waals surface area contributed by atoms with Crippen LogP contribution in [0, 0.1) is 0 Å². The number of carbonyl (C=O) groups excluding carboxylic acids is 1. The van der Waals surface area contributed by atoms with Gasteiger partial charge in [-0.15, -0.1) is 0 Å². The third-order valence-corrected chi connectivity index (χ3v) is 10.4. The van der Waals surface area contributed by atoms with Gasteiger partial charge in [0.25, 0.3) is 0 Å². The molecule has 0 bridgehead atoms. The number of ether oxygens (including phenoxy) is 4. The highest BCUT2D eigenvalue weighted by molar-refractivity contribution is 5.90. The van der Waals surface area contributed by atoms with Crippen LogP contribution in [0.4, 0.5) is 0 Å². The monoisotopic (exact) mass is 604 g/mol. The SMILES string of the molecule is CCCCCC[C@H]1CCC[C@@H]([C@@H]2CC[C@H]([C@H]3CC[C@H]([C@H](O)CCCCCCCCCCCCC4=C[C@@H](C)OC4=O)O3)O2)O1. The standard InChI is InChI=1S/C37H64O6/c1-3-4-5-15-19-30-20-17-22-33(41-30)34-25-26-36(43-34)35-24-23-32(42-35)31(38)21-16-13-11-9-7-6-8-10-12-14-18-29-27-28(2)40-37(29)39/h27-28,30-36,38H,3-26H2,1-2H3/t28-,30+,31-,32-,33+,34+,35-,36-/m1/s1. The average Bonchev–Trinajstić information content (AvgIpc) is 3.76. The van der Waals surface area contributed by atoms with Gasteiger partial charge in [0, 0.05) is 5.57 Å². The van der Waals surface area contributed by atoms with Crippen molar-refractivity contribution in [2.75, 3.05) is 0 Å². The lowest BCUT2D eigenvalue weighted by Crippen LogP contribution is -2.38. The number of hydrogen-bond donors (Lipinski definition) is 1. The molecule has 0 saturated carbocycles. The summed E-state index contributed by atoms with van der Waals surface area (Å²) in [6.45, 7) is 4.19.